The number of nitrogens with one attached hydrogen (secondary N) is 1. The Balaban J connectivity index is 2.59. The molecule has 20 heavy (non-hydrogen) atoms. The zero-order valence-electron chi connectivity index (χ0n) is 11.1. The van der Waals surface area contributed by atoms with Gasteiger partial charge in [-0.05, 0) is 32.2 Å². The van der Waals surface area contributed by atoms with Gasteiger partial charge in [-0.1, -0.05) is 0 Å². The van der Waals surface area contributed by atoms with Crippen molar-refractivity contribution in [1.82, 2.24) is 15.3 Å². The molecule has 2 aromatic rings. The normalized spacial score (nSPS) is 13.7. The predicted molar refractivity (Wildman–Crippen MR) is 71.2 cm³/mol. The number of benzene rings is 1. The molecule has 0 saturated heterocycles. The second kappa shape index (κ2) is 5.24. The Morgan fingerprint density at radius 3 is 2.60 bits per heavy atom. The van der Waals surface area contributed by atoms with Crippen LogP contribution in [0.3, 0.4) is 0 Å². The molecule has 0 aliphatic carbocycles. The maximum Gasteiger partial charge on any atom is 0.416 e. The fraction of sp³-hybridized carbons (Fsp3) is 0.385. The van der Waals surface area contributed by atoms with Gasteiger partial charge in [0.2, 0.25) is 5.95 Å². The lowest BCUT2D eigenvalue weighted by Gasteiger charge is -2.13. The van der Waals surface area contributed by atoms with E-state index in [4.69, 9.17) is 5.73 Å². The zero-order valence-corrected chi connectivity index (χ0v) is 11.1. The fourth-order valence-electron chi connectivity index (χ4n) is 1.94. The van der Waals surface area contributed by atoms with Crippen molar-refractivity contribution in [2.75, 3.05) is 12.8 Å². The van der Waals surface area contributed by atoms with Crippen molar-refractivity contribution in [3.63, 3.8) is 0 Å². The van der Waals surface area contributed by atoms with Crippen molar-refractivity contribution in [2.24, 2.45) is 0 Å². The molecule has 2 rings (SSSR count). The van der Waals surface area contributed by atoms with E-state index in [1.807, 2.05) is 6.92 Å². The quantitative estimate of drug-likeness (QED) is 0.908. The molecule has 0 saturated carbocycles. The SMILES string of the molecule is CNC(C)Cc1nc(N)nc2ccc(C(F)(F)F)cc12. The molecule has 1 unspecified atom stereocenters. The zero-order chi connectivity index (χ0) is 14.9. The minimum Gasteiger partial charge on any atom is -0.368 e. The van der Waals surface area contributed by atoms with Crippen molar-refractivity contribution in [1.29, 1.82) is 0 Å². The molecule has 0 bridgehead atoms. The van der Waals surface area contributed by atoms with Crippen LogP contribution >= 0.6 is 0 Å². The Labute approximate surface area is 114 Å². The highest BCUT2D eigenvalue weighted by Crippen LogP contribution is 2.32. The number of nitrogens with zero attached hydrogens (tertiary/aromatic N) is 2. The first kappa shape index (κ1) is 14.5. The molecular weight excluding hydrogens is 269 g/mol. The van der Waals surface area contributed by atoms with E-state index >= 15 is 0 Å². The maximum atomic E-state index is 12.8. The number of rotatable bonds is 3. The summed E-state index contributed by atoms with van der Waals surface area (Å²) in [6.07, 6.45) is -3.91. The summed E-state index contributed by atoms with van der Waals surface area (Å²) in [6.45, 7) is 1.91. The molecule has 1 aromatic heterocycles. The van der Waals surface area contributed by atoms with Gasteiger partial charge in [-0.25, -0.2) is 9.97 Å². The van der Waals surface area contributed by atoms with E-state index in [0.717, 1.165) is 12.1 Å². The van der Waals surface area contributed by atoms with E-state index in [2.05, 4.69) is 15.3 Å². The number of fused-ring (bicyclic) bond motifs is 1. The van der Waals surface area contributed by atoms with Crippen LogP contribution in [0.25, 0.3) is 10.9 Å². The van der Waals surface area contributed by atoms with Crippen LogP contribution in [0.5, 0.6) is 0 Å². The molecule has 4 nitrogen and oxygen atoms in total. The highest BCUT2D eigenvalue weighted by atomic mass is 19.4. The number of hydrogen-bond acceptors (Lipinski definition) is 4. The average molecular weight is 284 g/mol. The maximum absolute atomic E-state index is 12.8. The molecule has 0 amide bonds. The number of hydrogen-bond donors (Lipinski definition) is 2. The number of aromatic nitrogens is 2. The number of likely N-dealkylation sites (N-methyl/N-ethyl adjacent to an activating group) is 1. The molecule has 1 aromatic carbocycles. The Morgan fingerprint density at radius 1 is 1.30 bits per heavy atom. The topological polar surface area (TPSA) is 63.8 Å². The van der Waals surface area contributed by atoms with Gasteiger partial charge in [-0.2, -0.15) is 13.2 Å². The van der Waals surface area contributed by atoms with Crippen molar-refractivity contribution >= 4 is 16.9 Å². The lowest BCUT2D eigenvalue weighted by molar-refractivity contribution is -0.137. The average Bonchev–Trinajstić information content (AvgIpc) is 2.36. The highest BCUT2D eigenvalue weighted by molar-refractivity contribution is 5.82. The van der Waals surface area contributed by atoms with Gasteiger partial charge in [-0.15, -0.1) is 0 Å². The van der Waals surface area contributed by atoms with Crippen LogP contribution in [-0.4, -0.2) is 23.1 Å². The Morgan fingerprint density at radius 2 is 2.00 bits per heavy atom. The first-order valence-corrected chi connectivity index (χ1v) is 6.12. The fourth-order valence-corrected chi connectivity index (χ4v) is 1.94. The van der Waals surface area contributed by atoms with Crippen LogP contribution in [0.2, 0.25) is 0 Å². The van der Waals surface area contributed by atoms with E-state index in [9.17, 15) is 13.2 Å². The molecular formula is C13H15F3N4. The standard InChI is InChI=1S/C13H15F3N4/c1-7(18-2)5-11-9-6-8(13(14,15)16)3-4-10(9)19-12(17)20-11/h3-4,6-7,18H,5H2,1-2H3,(H2,17,19,20). The first-order valence-electron chi connectivity index (χ1n) is 6.12. The summed E-state index contributed by atoms with van der Waals surface area (Å²) in [5.74, 6) is 0.0653. The molecule has 1 atom stereocenters. The summed E-state index contributed by atoms with van der Waals surface area (Å²) in [5.41, 5.74) is 5.82. The molecule has 0 aliphatic heterocycles. The molecule has 0 spiro atoms. The largest absolute Gasteiger partial charge is 0.416 e. The third kappa shape index (κ3) is 2.98. The van der Waals surface area contributed by atoms with Crippen LogP contribution in [0.1, 0.15) is 18.2 Å². The monoisotopic (exact) mass is 284 g/mol. The van der Waals surface area contributed by atoms with E-state index in [-0.39, 0.29) is 12.0 Å². The molecule has 1 heterocycles. The third-order valence-electron chi connectivity index (χ3n) is 3.11. The predicted octanol–water partition coefficient (Wildman–Crippen LogP) is 2.38. The molecule has 3 N–H and O–H groups in total. The number of halogens is 3. The van der Waals surface area contributed by atoms with Gasteiger partial charge in [0.25, 0.3) is 0 Å². The number of anilines is 1. The van der Waals surface area contributed by atoms with Gasteiger partial charge in [0.15, 0.2) is 0 Å². The second-order valence-corrected chi connectivity index (χ2v) is 4.65. The molecule has 0 aliphatic rings. The van der Waals surface area contributed by atoms with Gasteiger partial charge in [0, 0.05) is 17.8 Å². The van der Waals surface area contributed by atoms with Gasteiger partial charge in [0.1, 0.15) is 0 Å². The molecule has 0 fully saturated rings. The lowest BCUT2D eigenvalue weighted by Crippen LogP contribution is -2.24. The van der Waals surface area contributed by atoms with Gasteiger partial charge in [-0.3, -0.25) is 0 Å². The third-order valence-corrected chi connectivity index (χ3v) is 3.11. The van der Waals surface area contributed by atoms with Crippen molar-refractivity contribution in [2.45, 2.75) is 25.6 Å². The first-order chi connectivity index (χ1) is 9.31. The molecule has 7 heteroatoms. The van der Waals surface area contributed by atoms with Crippen molar-refractivity contribution in [3.8, 4) is 0 Å². The summed E-state index contributed by atoms with van der Waals surface area (Å²) in [6, 6.07) is 3.47. The minimum absolute atomic E-state index is 0.0653. The lowest BCUT2D eigenvalue weighted by atomic mass is 10.0. The molecule has 108 valence electrons. The Hall–Kier alpha value is -1.89. The van der Waals surface area contributed by atoms with Gasteiger partial charge in [0.05, 0.1) is 16.8 Å². The minimum atomic E-state index is -4.39. The number of nitrogen functional groups attached to an aromatic ring is 1. The van der Waals surface area contributed by atoms with Crippen LogP contribution in [0.4, 0.5) is 19.1 Å². The summed E-state index contributed by atoms with van der Waals surface area (Å²) in [4.78, 5) is 8.04. The summed E-state index contributed by atoms with van der Waals surface area (Å²) in [5, 5.41) is 3.40. The van der Waals surface area contributed by atoms with Crippen LogP contribution in [-0.2, 0) is 12.6 Å². The summed E-state index contributed by atoms with van der Waals surface area (Å²) in [7, 11) is 1.78. The number of alkyl halides is 3. The van der Waals surface area contributed by atoms with Crippen LogP contribution in [0.15, 0.2) is 18.2 Å². The van der Waals surface area contributed by atoms with Crippen molar-refractivity contribution < 1.29 is 13.2 Å². The Bertz CT molecular complexity index is 625. The summed E-state index contributed by atoms with van der Waals surface area (Å²) >= 11 is 0. The van der Waals surface area contributed by atoms with Gasteiger partial charge < -0.3 is 11.1 Å². The van der Waals surface area contributed by atoms with E-state index in [0.29, 0.717) is 23.0 Å². The molecule has 0 radical (unpaired) electrons. The summed E-state index contributed by atoms with van der Waals surface area (Å²) < 4.78 is 38.3. The number of nitrogens with two attached hydrogens (primary N) is 1. The van der Waals surface area contributed by atoms with Crippen LogP contribution < -0.4 is 11.1 Å². The second-order valence-electron chi connectivity index (χ2n) is 4.65. The van der Waals surface area contributed by atoms with E-state index < -0.39 is 11.7 Å². The van der Waals surface area contributed by atoms with E-state index in [1.165, 1.54) is 6.07 Å². The van der Waals surface area contributed by atoms with Crippen molar-refractivity contribution in [3.05, 3.63) is 29.5 Å². The van der Waals surface area contributed by atoms with Crippen LogP contribution in [0, 0.1) is 0 Å². The van der Waals surface area contributed by atoms with E-state index in [1.54, 1.807) is 7.05 Å². The Kier molecular flexibility index (Phi) is 3.80. The smallest absolute Gasteiger partial charge is 0.368 e. The highest BCUT2D eigenvalue weighted by Gasteiger charge is 2.30. The van der Waals surface area contributed by atoms with Gasteiger partial charge >= 0.3 is 6.18 Å².